The molecule has 0 aromatic heterocycles. The van der Waals surface area contributed by atoms with Gasteiger partial charge in [-0.05, 0) is 32.7 Å². The van der Waals surface area contributed by atoms with Gasteiger partial charge in [-0.15, -0.1) is 0 Å². The molecule has 0 fully saturated rings. The number of methoxy groups -OCH3 is 1. The van der Waals surface area contributed by atoms with Crippen molar-refractivity contribution in [1.29, 1.82) is 0 Å². The van der Waals surface area contributed by atoms with E-state index in [1.165, 1.54) is 6.42 Å². The summed E-state index contributed by atoms with van der Waals surface area (Å²) in [6.07, 6.45) is 2.30. The summed E-state index contributed by atoms with van der Waals surface area (Å²) in [7, 11) is 1.79. The highest BCUT2D eigenvalue weighted by Crippen LogP contribution is 2.21. The van der Waals surface area contributed by atoms with Gasteiger partial charge in [0, 0.05) is 13.2 Å². The fourth-order valence-corrected chi connectivity index (χ4v) is 1.63. The highest BCUT2D eigenvalue weighted by molar-refractivity contribution is 4.81. The van der Waals surface area contributed by atoms with Crippen molar-refractivity contribution in [1.82, 2.24) is 5.32 Å². The molecule has 2 heteroatoms. The number of hydrogen-bond acceptors (Lipinski definition) is 2. The summed E-state index contributed by atoms with van der Waals surface area (Å²) in [6, 6.07) is 0.569. The lowest BCUT2D eigenvalue weighted by Crippen LogP contribution is -2.41. The number of rotatable bonds is 7. The van der Waals surface area contributed by atoms with E-state index in [1.807, 2.05) is 0 Å². The van der Waals surface area contributed by atoms with Crippen LogP contribution in [0.4, 0.5) is 0 Å². The monoisotopic (exact) mass is 201 g/mol. The van der Waals surface area contributed by atoms with Crippen LogP contribution in [0.2, 0.25) is 0 Å². The lowest BCUT2D eigenvalue weighted by atomic mass is 9.89. The van der Waals surface area contributed by atoms with Crippen LogP contribution >= 0.6 is 0 Å². The van der Waals surface area contributed by atoms with Crippen LogP contribution in [0.1, 0.15) is 47.5 Å². The molecule has 0 aromatic carbocycles. The van der Waals surface area contributed by atoms with E-state index in [1.54, 1.807) is 7.11 Å². The van der Waals surface area contributed by atoms with Crippen LogP contribution < -0.4 is 5.32 Å². The first-order valence-electron chi connectivity index (χ1n) is 5.75. The van der Waals surface area contributed by atoms with E-state index in [2.05, 4.69) is 39.9 Å². The van der Waals surface area contributed by atoms with Crippen molar-refractivity contribution in [3.05, 3.63) is 0 Å². The van der Waals surface area contributed by atoms with E-state index in [9.17, 15) is 0 Å². The smallest absolute Gasteiger partial charge is 0.0637 e. The van der Waals surface area contributed by atoms with Gasteiger partial charge in [-0.1, -0.05) is 27.2 Å². The average molecular weight is 201 g/mol. The molecule has 0 bridgehead atoms. The quantitative estimate of drug-likeness (QED) is 0.684. The predicted molar refractivity (Wildman–Crippen MR) is 62.6 cm³/mol. The molecule has 1 N–H and O–H groups in total. The fourth-order valence-electron chi connectivity index (χ4n) is 1.63. The first-order chi connectivity index (χ1) is 6.46. The lowest BCUT2D eigenvalue weighted by Gasteiger charge is -2.32. The molecule has 0 radical (unpaired) electrons. The molecule has 0 rings (SSSR count). The van der Waals surface area contributed by atoms with Crippen LogP contribution in [0.25, 0.3) is 0 Å². The molecule has 0 spiro atoms. The molecule has 0 aliphatic carbocycles. The molecule has 0 aliphatic rings. The average Bonchev–Trinajstić information content (AvgIpc) is 2.16. The van der Waals surface area contributed by atoms with Gasteiger partial charge in [-0.3, -0.25) is 0 Å². The molecule has 86 valence electrons. The Morgan fingerprint density at radius 2 is 1.86 bits per heavy atom. The Labute approximate surface area is 89.4 Å². The molecule has 0 amide bonds. The third-order valence-corrected chi connectivity index (χ3v) is 3.06. The van der Waals surface area contributed by atoms with Crippen LogP contribution in [0.3, 0.4) is 0 Å². The largest absolute Gasteiger partial charge is 0.379 e. The molecule has 14 heavy (non-hydrogen) atoms. The second-order valence-electron chi connectivity index (χ2n) is 4.72. The third kappa shape index (κ3) is 4.97. The fraction of sp³-hybridized carbons (Fsp3) is 1.00. The van der Waals surface area contributed by atoms with Crippen molar-refractivity contribution in [2.45, 2.75) is 59.1 Å². The summed E-state index contributed by atoms with van der Waals surface area (Å²) in [5.41, 5.74) is -0.0176. The van der Waals surface area contributed by atoms with Gasteiger partial charge in [0.1, 0.15) is 0 Å². The van der Waals surface area contributed by atoms with Gasteiger partial charge in [-0.2, -0.15) is 0 Å². The SMILES string of the molecule is CCNC(CC(C)(C)OC)C(C)CC. The molecular weight excluding hydrogens is 174 g/mol. The maximum atomic E-state index is 5.47. The van der Waals surface area contributed by atoms with Gasteiger partial charge in [0.05, 0.1) is 5.60 Å². The van der Waals surface area contributed by atoms with Gasteiger partial charge in [0.25, 0.3) is 0 Å². The van der Waals surface area contributed by atoms with Gasteiger partial charge in [-0.25, -0.2) is 0 Å². The minimum absolute atomic E-state index is 0.0176. The zero-order valence-electron chi connectivity index (χ0n) is 10.7. The van der Waals surface area contributed by atoms with Crippen molar-refractivity contribution >= 4 is 0 Å². The number of ether oxygens (including phenoxy) is 1. The first kappa shape index (κ1) is 13.9. The Morgan fingerprint density at radius 3 is 2.21 bits per heavy atom. The number of nitrogens with one attached hydrogen (secondary N) is 1. The highest BCUT2D eigenvalue weighted by Gasteiger charge is 2.25. The van der Waals surface area contributed by atoms with E-state index in [-0.39, 0.29) is 5.60 Å². The minimum Gasteiger partial charge on any atom is -0.379 e. The highest BCUT2D eigenvalue weighted by atomic mass is 16.5. The van der Waals surface area contributed by atoms with Crippen LogP contribution in [0.5, 0.6) is 0 Å². The normalized spacial score (nSPS) is 16.7. The summed E-state index contributed by atoms with van der Waals surface area (Å²) in [5.74, 6) is 0.712. The van der Waals surface area contributed by atoms with Crippen LogP contribution in [0.15, 0.2) is 0 Å². The Kier molecular flexibility index (Phi) is 6.38. The minimum atomic E-state index is -0.0176. The molecule has 2 unspecified atom stereocenters. The summed E-state index contributed by atoms with van der Waals surface area (Å²) in [5, 5.41) is 3.54. The van der Waals surface area contributed by atoms with Crippen LogP contribution in [0, 0.1) is 5.92 Å². The number of hydrogen-bond donors (Lipinski definition) is 1. The second kappa shape index (κ2) is 6.41. The van der Waals surface area contributed by atoms with E-state index in [4.69, 9.17) is 4.74 Å². The molecule has 2 atom stereocenters. The maximum absolute atomic E-state index is 5.47. The van der Waals surface area contributed by atoms with E-state index in [0.29, 0.717) is 12.0 Å². The van der Waals surface area contributed by atoms with Crippen molar-refractivity contribution in [3.8, 4) is 0 Å². The molecule has 0 aromatic rings. The zero-order valence-corrected chi connectivity index (χ0v) is 10.7. The van der Waals surface area contributed by atoms with Gasteiger partial charge in [0.15, 0.2) is 0 Å². The first-order valence-corrected chi connectivity index (χ1v) is 5.75. The van der Waals surface area contributed by atoms with E-state index >= 15 is 0 Å². The predicted octanol–water partition coefficient (Wildman–Crippen LogP) is 2.83. The summed E-state index contributed by atoms with van der Waals surface area (Å²) < 4.78 is 5.47. The van der Waals surface area contributed by atoms with Gasteiger partial charge >= 0.3 is 0 Å². The van der Waals surface area contributed by atoms with Crippen molar-refractivity contribution in [2.24, 2.45) is 5.92 Å². The molecular formula is C12H27NO. The van der Waals surface area contributed by atoms with E-state index in [0.717, 1.165) is 13.0 Å². The Morgan fingerprint density at radius 1 is 1.29 bits per heavy atom. The third-order valence-electron chi connectivity index (χ3n) is 3.06. The zero-order chi connectivity index (χ0) is 11.2. The van der Waals surface area contributed by atoms with Crippen LogP contribution in [-0.2, 0) is 4.74 Å². The van der Waals surface area contributed by atoms with Gasteiger partial charge < -0.3 is 10.1 Å². The molecule has 0 saturated heterocycles. The molecule has 0 aliphatic heterocycles. The molecule has 0 heterocycles. The second-order valence-corrected chi connectivity index (χ2v) is 4.72. The summed E-state index contributed by atoms with van der Waals surface area (Å²) in [6.45, 7) is 12.1. The maximum Gasteiger partial charge on any atom is 0.0637 e. The Bertz CT molecular complexity index is 145. The molecule has 0 saturated carbocycles. The Hall–Kier alpha value is -0.0800. The molecule has 2 nitrogen and oxygen atoms in total. The van der Waals surface area contributed by atoms with Crippen LogP contribution in [-0.4, -0.2) is 25.3 Å². The Balaban J connectivity index is 4.21. The van der Waals surface area contributed by atoms with Crippen molar-refractivity contribution in [2.75, 3.05) is 13.7 Å². The summed E-state index contributed by atoms with van der Waals surface area (Å²) >= 11 is 0. The van der Waals surface area contributed by atoms with Gasteiger partial charge in [0.2, 0.25) is 0 Å². The lowest BCUT2D eigenvalue weighted by molar-refractivity contribution is 0.00221. The van der Waals surface area contributed by atoms with Crippen molar-refractivity contribution in [3.63, 3.8) is 0 Å². The van der Waals surface area contributed by atoms with Crippen molar-refractivity contribution < 1.29 is 4.74 Å². The topological polar surface area (TPSA) is 21.3 Å². The van der Waals surface area contributed by atoms with E-state index < -0.39 is 0 Å². The standard InChI is InChI=1S/C12H27NO/c1-7-10(3)11(13-8-2)9-12(4,5)14-6/h10-11,13H,7-9H2,1-6H3. The summed E-state index contributed by atoms with van der Waals surface area (Å²) in [4.78, 5) is 0.